The molecule has 0 aromatic heterocycles. The zero-order valence-corrected chi connectivity index (χ0v) is 13.7. The number of nitrogens with zero attached hydrogens (tertiary/aromatic N) is 1. The minimum atomic E-state index is -0.690. The number of hydrogen-bond donors (Lipinski definition) is 1. The molecule has 0 bridgehead atoms. The molecule has 1 heterocycles. The summed E-state index contributed by atoms with van der Waals surface area (Å²) in [6, 6.07) is 21.8. The van der Waals surface area contributed by atoms with Gasteiger partial charge in [0.25, 0.3) is 0 Å². The van der Waals surface area contributed by atoms with Crippen LogP contribution >= 0.6 is 0 Å². The van der Waals surface area contributed by atoms with Gasteiger partial charge in [-0.1, -0.05) is 54.6 Å². The quantitative estimate of drug-likeness (QED) is 0.753. The van der Waals surface area contributed by atoms with E-state index in [-0.39, 0.29) is 11.8 Å². The third-order valence-corrected chi connectivity index (χ3v) is 4.69. The Morgan fingerprint density at radius 3 is 2.56 bits per heavy atom. The number of nitrogens with one attached hydrogen (secondary N) is 1. The Bertz CT molecular complexity index is 1020. The van der Waals surface area contributed by atoms with Gasteiger partial charge in [0.1, 0.15) is 17.4 Å². The maximum atomic E-state index is 9.68. The largest absolute Gasteiger partial charge is 0.496 e. The molecular weight excluding hydrogens is 312 g/mol. The monoisotopic (exact) mass is 328 g/mol. The highest BCUT2D eigenvalue weighted by atomic mass is 16.5. The second-order valence-electron chi connectivity index (χ2n) is 6.00. The molecule has 2 atom stereocenters. The lowest BCUT2D eigenvalue weighted by Crippen LogP contribution is -2.31. The molecule has 0 amide bonds. The number of para-hydroxylation sites is 1. The van der Waals surface area contributed by atoms with Crippen LogP contribution in [0.1, 0.15) is 17.0 Å². The maximum Gasteiger partial charge on any atom is 0.205 e. The van der Waals surface area contributed by atoms with Gasteiger partial charge >= 0.3 is 0 Å². The van der Waals surface area contributed by atoms with E-state index in [2.05, 4.69) is 6.07 Å². The molecule has 3 aromatic rings. The highest BCUT2D eigenvalue weighted by Crippen LogP contribution is 2.47. The Hall–Kier alpha value is -3.32. The molecule has 1 aliphatic heterocycles. The highest BCUT2D eigenvalue weighted by Gasteiger charge is 2.38. The number of hydrogen-bond acceptors (Lipinski definition) is 4. The van der Waals surface area contributed by atoms with Crippen LogP contribution in [0.4, 0.5) is 0 Å². The third-order valence-electron chi connectivity index (χ3n) is 4.69. The summed E-state index contributed by atoms with van der Waals surface area (Å²) < 4.78 is 11.3. The van der Waals surface area contributed by atoms with Crippen LogP contribution in [-0.2, 0) is 0 Å². The first-order chi connectivity index (χ1) is 12.2. The molecule has 25 heavy (non-hydrogen) atoms. The van der Waals surface area contributed by atoms with E-state index in [0.29, 0.717) is 11.5 Å². The second-order valence-corrected chi connectivity index (χ2v) is 6.00. The molecule has 4 nitrogen and oxygen atoms in total. The van der Waals surface area contributed by atoms with Gasteiger partial charge in [0.05, 0.1) is 13.2 Å². The Morgan fingerprint density at radius 1 is 1.00 bits per heavy atom. The molecule has 0 spiro atoms. The van der Waals surface area contributed by atoms with Gasteiger partial charge in [0.2, 0.25) is 5.90 Å². The summed E-state index contributed by atoms with van der Waals surface area (Å²) in [6.07, 6.45) is 0. The van der Waals surface area contributed by atoms with Gasteiger partial charge in [-0.25, -0.2) is 0 Å². The predicted octanol–water partition coefficient (Wildman–Crippen LogP) is 4.49. The molecule has 1 N–H and O–H groups in total. The van der Waals surface area contributed by atoms with Crippen molar-refractivity contribution in [1.82, 2.24) is 0 Å². The molecule has 0 saturated heterocycles. The van der Waals surface area contributed by atoms with Gasteiger partial charge in [-0.2, -0.15) is 5.26 Å². The fourth-order valence-electron chi connectivity index (χ4n) is 3.53. The third kappa shape index (κ3) is 2.33. The SMILES string of the molecule is COc1ccccc1C1c2ccc3ccccc3c2OC(=N)C1C#N. The van der Waals surface area contributed by atoms with Crippen molar-refractivity contribution < 1.29 is 9.47 Å². The molecular formula is C21H16N2O2. The van der Waals surface area contributed by atoms with E-state index in [1.807, 2.05) is 60.7 Å². The van der Waals surface area contributed by atoms with Crippen molar-refractivity contribution in [3.05, 3.63) is 71.8 Å². The molecule has 4 rings (SSSR count). The molecule has 0 fully saturated rings. The van der Waals surface area contributed by atoms with Gasteiger partial charge in [-0.05, 0) is 11.5 Å². The van der Waals surface area contributed by atoms with Crippen LogP contribution < -0.4 is 9.47 Å². The van der Waals surface area contributed by atoms with Crippen LogP contribution in [0, 0.1) is 22.7 Å². The standard InChI is InChI=1S/C21H16N2O2/c1-24-18-9-5-4-8-15(18)19-16-11-10-13-6-2-3-7-14(13)20(16)25-21(23)17(19)12-22/h2-11,17,19,23H,1H3. The molecule has 1 aliphatic rings. The van der Waals surface area contributed by atoms with Gasteiger partial charge in [-0.3, -0.25) is 5.41 Å². The molecule has 3 aromatic carbocycles. The molecule has 0 aliphatic carbocycles. The van der Waals surface area contributed by atoms with Gasteiger partial charge in [-0.15, -0.1) is 0 Å². The number of nitriles is 1. The van der Waals surface area contributed by atoms with Crippen molar-refractivity contribution in [1.29, 1.82) is 10.7 Å². The van der Waals surface area contributed by atoms with Crippen molar-refractivity contribution in [2.24, 2.45) is 5.92 Å². The summed E-state index contributed by atoms with van der Waals surface area (Å²) >= 11 is 0. The van der Waals surface area contributed by atoms with Gasteiger partial charge in [0, 0.05) is 22.4 Å². The first kappa shape index (κ1) is 15.2. The van der Waals surface area contributed by atoms with Crippen molar-refractivity contribution in [3.8, 4) is 17.6 Å². The van der Waals surface area contributed by atoms with E-state index >= 15 is 0 Å². The van der Waals surface area contributed by atoms with Crippen LogP contribution in [0.15, 0.2) is 60.7 Å². The van der Waals surface area contributed by atoms with Gasteiger partial charge < -0.3 is 9.47 Å². The summed E-state index contributed by atoms with van der Waals surface area (Å²) in [5, 5.41) is 19.9. The number of methoxy groups -OCH3 is 1. The second kappa shape index (κ2) is 5.95. The smallest absolute Gasteiger partial charge is 0.205 e. The zero-order chi connectivity index (χ0) is 17.4. The lowest BCUT2D eigenvalue weighted by molar-refractivity contribution is 0.399. The van der Waals surface area contributed by atoms with E-state index in [0.717, 1.165) is 21.9 Å². The van der Waals surface area contributed by atoms with Crippen LogP contribution in [0.25, 0.3) is 10.8 Å². The van der Waals surface area contributed by atoms with E-state index in [1.54, 1.807) is 7.11 Å². The lowest BCUT2D eigenvalue weighted by Gasteiger charge is -2.31. The minimum absolute atomic E-state index is 0.0257. The fourth-order valence-corrected chi connectivity index (χ4v) is 3.53. The van der Waals surface area contributed by atoms with E-state index < -0.39 is 5.92 Å². The molecule has 0 radical (unpaired) electrons. The van der Waals surface area contributed by atoms with Crippen LogP contribution in [0.2, 0.25) is 0 Å². The summed E-state index contributed by atoms with van der Waals surface area (Å²) in [7, 11) is 1.62. The van der Waals surface area contributed by atoms with Crippen LogP contribution in [-0.4, -0.2) is 13.0 Å². The molecule has 122 valence electrons. The Morgan fingerprint density at radius 2 is 1.76 bits per heavy atom. The maximum absolute atomic E-state index is 9.68. The fraction of sp³-hybridized carbons (Fsp3) is 0.143. The first-order valence-corrected chi connectivity index (χ1v) is 8.05. The van der Waals surface area contributed by atoms with Crippen molar-refractivity contribution in [3.63, 3.8) is 0 Å². The van der Waals surface area contributed by atoms with E-state index in [4.69, 9.17) is 14.9 Å². The zero-order valence-electron chi connectivity index (χ0n) is 13.7. The van der Waals surface area contributed by atoms with E-state index in [9.17, 15) is 5.26 Å². The molecule has 4 heteroatoms. The molecule has 0 saturated carbocycles. The average molecular weight is 328 g/mol. The van der Waals surface area contributed by atoms with E-state index in [1.165, 1.54) is 0 Å². The lowest BCUT2D eigenvalue weighted by atomic mass is 9.78. The minimum Gasteiger partial charge on any atom is -0.496 e. The normalized spacial score (nSPS) is 19.0. The number of ether oxygens (including phenoxy) is 2. The topological polar surface area (TPSA) is 66.1 Å². The number of fused-ring (bicyclic) bond motifs is 3. The van der Waals surface area contributed by atoms with Crippen LogP contribution in [0.3, 0.4) is 0 Å². The average Bonchev–Trinajstić information content (AvgIpc) is 2.66. The van der Waals surface area contributed by atoms with Crippen LogP contribution in [0.5, 0.6) is 11.5 Å². The van der Waals surface area contributed by atoms with Crippen molar-refractivity contribution in [2.75, 3.05) is 7.11 Å². The van der Waals surface area contributed by atoms with Crippen molar-refractivity contribution >= 4 is 16.7 Å². The summed E-state index contributed by atoms with van der Waals surface area (Å²) in [6.45, 7) is 0. The first-order valence-electron chi connectivity index (χ1n) is 8.05. The Balaban J connectivity index is 2.02. The summed E-state index contributed by atoms with van der Waals surface area (Å²) in [5.41, 5.74) is 1.80. The summed E-state index contributed by atoms with van der Waals surface area (Å²) in [4.78, 5) is 0. The predicted molar refractivity (Wildman–Crippen MR) is 96.2 cm³/mol. The Kier molecular flexibility index (Phi) is 3.62. The number of rotatable bonds is 2. The highest BCUT2D eigenvalue weighted by molar-refractivity contribution is 5.95. The van der Waals surface area contributed by atoms with Gasteiger partial charge in [0.15, 0.2) is 0 Å². The van der Waals surface area contributed by atoms with Crippen molar-refractivity contribution in [2.45, 2.75) is 5.92 Å². The summed E-state index contributed by atoms with van der Waals surface area (Å²) in [5.74, 6) is 0.348. The number of benzene rings is 3. The molecule has 2 unspecified atom stereocenters. The Labute approximate surface area is 145 Å².